The molecule has 1 fully saturated rings. The van der Waals surface area contributed by atoms with Gasteiger partial charge in [-0.25, -0.2) is 9.97 Å². The van der Waals surface area contributed by atoms with Gasteiger partial charge in [-0.15, -0.1) is 0 Å². The number of H-pyrrole nitrogens is 1. The lowest BCUT2D eigenvalue weighted by atomic mass is 10.1. The van der Waals surface area contributed by atoms with E-state index in [-0.39, 0.29) is 0 Å². The molecular formula is C18H22N8. The predicted octanol–water partition coefficient (Wildman–Crippen LogP) is 1.57. The molecule has 0 amide bonds. The van der Waals surface area contributed by atoms with Gasteiger partial charge in [-0.2, -0.15) is 0 Å². The first-order valence-corrected chi connectivity index (χ1v) is 8.65. The maximum atomic E-state index is 6.25. The lowest BCUT2D eigenvalue weighted by Gasteiger charge is -2.28. The fraction of sp³-hybridized carbons (Fsp3) is 0.278. The van der Waals surface area contributed by atoms with Crippen molar-refractivity contribution in [2.75, 3.05) is 49.2 Å². The molecule has 4 rings (SSSR count). The van der Waals surface area contributed by atoms with Gasteiger partial charge in [-0.1, -0.05) is 0 Å². The van der Waals surface area contributed by atoms with Gasteiger partial charge >= 0.3 is 0 Å². The van der Waals surface area contributed by atoms with Gasteiger partial charge in [-0.05, 0) is 18.2 Å². The van der Waals surface area contributed by atoms with Gasteiger partial charge in [0.2, 0.25) is 5.95 Å². The summed E-state index contributed by atoms with van der Waals surface area (Å²) in [6, 6.07) is 5.97. The van der Waals surface area contributed by atoms with Gasteiger partial charge in [0, 0.05) is 68.6 Å². The third kappa shape index (κ3) is 3.18. The Kier molecular flexibility index (Phi) is 4.40. The molecule has 3 aromatic heterocycles. The number of anilines is 3. The zero-order valence-electron chi connectivity index (χ0n) is 14.7. The third-order valence-electron chi connectivity index (χ3n) is 4.50. The van der Waals surface area contributed by atoms with Crippen molar-refractivity contribution in [3.8, 4) is 22.5 Å². The molecule has 0 radical (unpaired) electrons. The topological polar surface area (TPSA) is 108 Å². The monoisotopic (exact) mass is 350 g/mol. The molecule has 8 heteroatoms. The molecule has 0 bridgehead atoms. The van der Waals surface area contributed by atoms with Gasteiger partial charge in [0.15, 0.2) is 0 Å². The van der Waals surface area contributed by atoms with Crippen LogP contribution in [0.4, 0.5) is 17.5 Å². The highest BCUT2D eigenvalue weighted by Gasteiger charge is 2.16. The highest BCUT2D eigenvalue weighted by atomic mass is 15.2. The number of rotatable bonds is 4. The number of aromatic amines is 1. The molecule has 4 heterocycles. The van der Waals surface area contributed by atoms with Gasteiger partial charge in [0.1, 0.15) is 5.82 Å². The van der Waals surface area contributed by atoms with E-state index in [4.69, 9.17) is 5.73 Å². The molecule has 0 aliphatic carbocycles. The molecule has 0 saturated carbocycles. The largest absolute Gasteiger partial charge is 0.396 e. The van der Waals surface area contributed by atoms with Crippen molar-refractivity contribution in [1.29, 1.82) is 0 Å². The number of nitrogens with zero attached hydrogens (tertiary/aromatic N) is 4. The summed E-state index contributed by atoms with van der Waals surface area (Å²) in [6.45, 7) is 3.83. The van der Waals surface area contributed by atoms with Crippen LogP contribution in [0.3, 0.4) is 0 Å². The third-order valence-corrected chi connectivity index (χ3v) is 4.50. The molecule has 0 spiro atoms. The lowest BCUT2D eigenvalue weighted by Crippen LogP contribution is -2.43. The highest BCUT2D eigenvalue weighted by molar-refractivity contribution is 5.76. The molecule has 3 aromatic rings. The Morgan fingerprint density at radius 1 is 1.08 bits per heavy atom. The molecular weight excluding hydrogens is 328 g/mol. The summed E-state index contributed by atoms with van der Waals surface area (Å²) < 4.78 is 0. The van der Waals surface area contributed by atoms with Crippen molar-refractivity contribution < 1.29 is 0 Å². The summed E-state index contributed by atoms with van der Waals surface area (Å²) >= 11 is 0. The molecule has 5 N–H and O–H groups in total. The summed E-state index contributed by atoms with van der Waals surface area (Å²) in [6.07, 6.45) is 5.32. The molecule has 134 valence electrons. The van der Waals surface area contributed by atoms with Gasteiger partial charge in [0.05, 0.1) is 11.4 Å². The van der Waals surface area contributed by atoms with E-state index in [1.807, 2.05) is 18.2 Å². The first-order chi connectivity index (χ1) is 12.7. The summed E-state index contributed by atoms with van der Waals surface area (Å²) in [5, 5.41) is 6.27. The minimum atomic E-state index is 0.586. The number of aromatic nitrogens is 4. The van der Waals surface area contributed by atoms with Crippen LogP contribution in [-0.4, -0.2) is 53.2 Å². The van der Waals surface area contributed by atoms with E-state index in [2.05, 4.69) is 35.5 Å². The molecule has 8 nitrogen and oxygen atoms in total. The number of nitrogens with two attached hydrogens (primary N) is 1. The number of pyridine rings is 1. The van der Waals surface area contributed by atoms with Crippen LogP contribution in [-0.2, 0) is 0 Å². The summed E-state index contributed by atoms with van der Waals surface area (Å²) in [7, 11) is 1.79. The van der Waals surface area contributed by atoms with E-state index in [0.29, 0.717) is 5.95 Å². The predicted molar refractivity (Wildman–Crippen MR) is 104 cm³/mol. The fourth-order valence-corrected chi connectivity index (χ4v) is 3.11. The van der Waals surface area contributed by atoms with Crippen molar-refractivity contribution in [3.05, 3.63) is 36.8 Å². The Balaban J connectivity index is 1.64. The number of nitrogen functional groups attached to an aromatic ring is 1. The van der Waals surface area contributed by atoms with Crippen molar-refractivity contribution in [2.24, 2.45) is 0 Å². The second-order valence-corrected chi connectivity index (χ2v) is 6.20. The van der Waals surface area contributed by atoms with Gasteiger partial charge in [0.25, 0.3) is 0 Å². The zero-order chi connectivity index (χ0) is 17.9. The van der Waals surface area contributed by atoms with Crippen LogP contribution in [0.2, 0.25) is 0 Å². The maximum Gasteiger partial charge on any atom is 0.222 e. The van der Waals surface area contributed by atoms with E-state index < -0.39 is 0 Å². The number of piperazine rings is 1. The van der Waals surface area contributed by atoms with Gasteiger partial charge < -0.3 is 26.3 Å². The Hall–Kier alpha value is -3.13. The van der Waals surface area contributed by atoms with Crippen LogP contribution in [0.25, 0.3) is 22.5 Å². The molecule has 0 atom stereocenters. The molecule has 1 aliphatic rings. The highest BCUT2D eigenvalue weighted by Crippen LogP contribution is 2.31. The smallest absolute Gasteiger partial charge is 0.222 e. The average molecular weight is 350 g/mol. The normalized spacial score (nSPS) is 14.4. The van der Waals surface area contributed by atoms with Crippen LogP contribution in [0.5, 0.6) is 0 Å². The number of hydrogen-bond donors (Lipinski definition) is 4. The standard InChI is InChI=1S/C18H22N8/c1-20-18-23-10-13(11-24-18)15-8-12(2-3-22-15)16-9-14(19)17(25-16)26-6-4-21-5-7-26/h2-3,8-11,21,25H,4-7,19H2,1H3,(H,20,23,24). The van der Waals surface area contributed by atoms with E-state index in [1.54, 1.807) is 25.6 Å². The molecule has 0 aromatic carbocycles. The van der Waals surface area contributed by atoms with Crippen molar-refractivity contribution >= 4 is 17.5 Å². The zero-order valence-corrected chi connectivity index (χ0v) is 14.7. The first-order valence-electron chi connectivity index (χ1n) is 8.65. The second kappa shape index (κ2) is 7.01. The summed E-state index contributed by atoms with van der Waals surface area (Å²) in [5.41, 5.74) is 10.7. The molecule has 26 heavy (non-hydrogen) atoms. The molecule has 1 saturated heterocycles. The lowest BCUT2D eigenvalue weighted by molar-refractivity contribution is 0.586. The van der Waals surface area contributed by atoms with E-state index >= 15 is 0 Å². The number of hydrogen-bond acceptors (Lipinski definition) is 7. The molecule has 1 aliphatic heterocycles. The van der Waals surface area contributed by atoms with Crippen molar-refractivity contribution in [3.63, 3.8) is 0 Å². The molecule has 0 unspecified atom stereocenters. The van der Waals surface area contributed by atoms with E-state index in [9.17, 15) is 0 Å². The van der Waals surface area contributed by atoms with E-state index in [0.717, 1.165) is 60.2 Å². The first kappa shape index (κ1) is 16.3. The Labute approximate surface area is 151 Å². The minimum absolute atomic E-state index is 0.586. The van der Waals surface area contributed by atoms with Crippen LogP contribution in [0.1, 0.15) is 0 Å². The second-order valence-electron chi connectivity index (χ2n) is 6.20. The van der Waals surface area contributed by atoms with Crippen molar-refractivity contribution in [2.45, 2.75) is 0 Å². The van der Waals surface area contributed by atoms with Crippen LogP contribution in [0.15, 0.2) is 36.8 Å². The average Bonchev–Trinajstić information content (AvgIpc) is 3.10. The minimum Gasteiger partial charge on any atom is -0.396 e. The summed E-state index contributed by atoms with van der Waals surface area (Å²) in [5.74, 6) is 1.57. The van der Waals surface area contributed by atoms with Crippen molar-refractivity contribution in [1.82, 2.24) is 25.3 Å². The van der Waals surface area contributed by atoms with Gasteiger partial charge in [-0.3, -0.25) is 4.98 Å². The van der Waals surface area contributed by atoms with Crippen LogP contribution < -0.4 is 21.3 Å². The Morgan fingerprint density at radius 2 is 1.85 bits per heavy atom. The van der Waals surface area contributed by atoms with E-state index in [1.165, 1.54) is 0 Å². The van der Waals surface area contributed by atoms with Crippen LogP contribution >= 0.6 is 0 Å². The Morgan fingerprint density at radius 3 is 2.58 bits per heavy atom. The SMILES string of the molecule is CNc1ncc(-c2cc(-c3cc(N)c(N4CCNCC4)[nH]3)ccn2)cn1. The van der Waals surface area contributed by atoms with Crippen LogP contribution in [0, 0.1) is 0 Å². The maximum absolute atomic E-state index is 6.25. The summed E-state index contributed by atoms with van der Waals surface area (Å²) in [4.78, 5) is 18.7. The Bertz CT molecular complexity index is 880. The fourth-order valence-electron chi connectivity index (χ4n) is 3.11. The number of nitrogens with one attached hydrogen (secondary N) is 3. The quantitative estimate of drug-likeness (QED) is 0.565.